The molecule has 0 spiro atoms. The lowest BCUT2D eigenvalue weighted by atomic mass is 9.82. The molecule has 1 aliphatic rings. The predicted molar refractivity (Wildman–Crippen MR) is 60.4 cm³/mol. The lowest BCUT2D eigenvalue weighted by molar-refractivity contribution is 0.304. The Kier molecular flexibility index (Phi) is 2.36. The molecule has 0 saturated heterocycles. The Labute approximate surface area is 86.3 Å². The summed E-state index contributed by atoms with van der Waals surface area (Å²) < 4.78 is 0. The van der Waals surface area contributed by atoms with Gasteiger partial charge in [0, 0.05) is 0 Å². The molecule has 1 nitrogen and oxygen atoms in total. The summed E-state index contributed by atoms with van der Waals surface area (Å²) in [6, 6.07) is 6.63. The minimum Gasteiger partial charge on any atom is -0.330 e. The Balaban J connectivity index is 2.38. The van der Waals surface area contributed by atoms with E-state index < -0.39 is 0 Å². The highest BCUT2D eigenvalue weighted by atomic mass is 14.6. The maximum absolute atomic E-state index is 5.91. The van der Waals surface area contributed by atoms with Crippen LogP contribution < -0.4 is 5.73 Å². The van der Waals surface area contributed by atoms with Gasteiger partial charge in [-0.2, -0.15) is 0 Å². The average molecular weight is 189 g/mol. The lowest BCUT2D eigenvalue weighted by Crippen LogP contribution is -2.30. The van der Waals surface area contributed by atoms with E-state index in [1.807, 2.05) is 0 Å². The molecule has 0 aromatic heterocycles. The Hall–Kier alpha value is -0.820. The Morgan fingerprint density at radius 3 is 2.71 bits per heavy atom. The number of benzene rings is 1. The van der Waals surface area contributed by atoms with Crippen molar-refractivity contribution in [1.82, 2.24) is 0 Å². The van der Waals surface area contributed by atoms with Crippen LogP contribution in [0.1, 0.15) is 30.0 Å². The first-order valence-electron chi connectivity index (χ1n) is 5.48. The second-order valence-corrected chi connectivity index (χ2v) is 4.62. The maximum atomic E-state index is 5.91. The van der Waals surface area contributed by atoms with Gasteiger partial charge in [0.2, 0.25) is 0 Å². The van der Waals surface area contributed by atoms with Gasteiger partial charge in [-0.25, -0.2) is 0 Å². The smallest absolute Gasteiger partial charge is 0.00142 e. The Morgan fingerprint density at radius 1 is 1.36 bits per heavy atom. The number of hydrogen-bond donors (Lipinski definition) is 1. The number of hydrogen-bond acceptors (Lipinski definition) is 1. The summed E-state index contributed by atoms with van der Waals surface area (Å²) in [6.45, 7) is 5.28. The van der Waals surface area contributed by atoms with Gasteiger partial charge in [0.05, 0.1) is 0 Å². The van der Waals surface area contributed by atoms with Crippen molar-refractivity contribution >= 4 is 0 Å². The van der Waals surface area contributed by atoms with Crippen LogP contribution in [-0.4, -0.2) is 6.54 Å². The molecule has 0 fully saturated rings. The standard InChI is InChI=1S/C13H19N/c1-3-13(9-14)7-11-6-4-5-10(2)12(11)8-13/h4-6H,3,7-9,14H2,1-2H3. The van der Waals surface area contributed by atoms with E-state index >= 15 is 0 Å². The monoisotopic (exact) mass is 189 g/mol. The van der Waals surface area contributed by atoms with Crippen LogP contribution in [0, 0.1) is 12.3 Å². The molecule has 1 aromatic rings. The van der Waals surface area contributed by atoms with E-state index in [1.165, 1.54) is 30.4 Å². The minimum absolute atomic E-state index is 0.356. The van der Waals surface area contributed by atoms with Crippen molar-refractivity contribution in [2.45, 2.75) is 33.1 Å². The van der Waals surface area contributed by atoms with Crippen molar-refractivity contribution in [2.75, 3.05) is 6.54 Å². The molecule has 76 valence electrons. The summed E-state index contributed by atoms with van der Waals surface area (Å²) in [6.07, 6.45) is 3.55. The van der Waals surface area contributed by atoms with E-state index in [4.69, 9.17) is 5.73 Å². The van der Waals surface area contributed by atoms with Crippen LogP contribution in [0.2, 0.25) is 0 Å². The molecule has 0 radical (unpaired) electrons. The van der Waals surface area contributed by atoms with Gasteiger partial charge in [0.25, 0.3) is 0 Å². The first kappa shape index (κ1) is 9.72. The minimum atomic E-state index is 0.356. The van der Waals surface area contributed by atoms with E-state index in [2.05, 4.69) is 32.0 Å². The van der Waals surface area contributed by atoms with E-state index in [-0.39, 0.29) is 0 Å². The highest BCUT2D eigenvalue weighted by Crippen LogP contribution is 2.39. The third-order valence-electron chi connectivity index (χ3n) is 3.81. The van der Waals surface area contributed by atoms with Crippen LogP contribution in [0.15, 0.2) is 18.2 Å². The summed E-state index contributed by atoms with van der Waals surface area (Å²) in [5.41, 5.74) is 10.8. The molecule has 1 aromatic carbocycles. The molecule has 14 heavy (non-hydrogen) atoms. The lowest BCUT2D eigenvalue weighted by Gasteiger charge is -2.25. The van der Waals surface area contributed by atoms with E-state index in [0.717, 1.165) is 6.54 Å². The summed E-state index contributed by atoms with van der Waals surface area (Å²) in [7, 11) is 0. The molecule has 0 heterocycles. The van der Waals surface area contributed by atoms with Crippen molar-refractivity contribution < 1.29 is 0 Å². The van der Waals surface area contributed by atoms with Gasteiger partial charge < -0.3 is 5.73 Å². The molecule has 2 N–H and O–H groups in total. The van der Waals surface area contributed by atoms with Crippen molar-refractivity contribution in [1.29, 1.82) is 0 Å². The molecule has 0 amide bonds. The molecule has 1 heteroatoms. The fourth-order valence-electron chi connectivity index (χ4n) is 2.56. The van der Waals surface area contributed by atoms with Gasteiger partial charge in [-0.15, -0.1) is 0 Å². The number of fused-ring (bicyclic) bond motifs is 1. The number of aryl methyl sites for hydroxylation is 1. The summed E-state index contributed by atoms with van der Waals surface area (Å²) in [5.74, 6) is 0. The topological polar surface area (TPSA) is 26.0 Å². The Morgan fingerprint density at radius 2 is 2.14 bits per heavy atom. The van der Waals surface area contributed by atoms with Crippen LogP contribution in [-0.2, 0) is 12.8 Å². The molecular weight excluding hydrogens is 170 g/mol. The molecule has 1 aliphatic carbocycles. The van der Waals surface area contributed by atoms with E-state index in [9.17, 15) is 0 Å². The number of rotatable bonds is 2. The number of nitrogens with two attached hydrogens (primary N) is 1. The third-order valence-corrected chi connectivity index (χ3v) is 3.81. The third kappa shape index (κ3) is 1.36. The van der Waals surface area contributed by atoms with Crippen LogP contribution in [0.3, 0.4) is 0 Å². The zero-order valence-corrected chi connectivity index (χ0v) is 9.14. The maximum Gasteiger partial charge on any atom is -0.00142 e. The van der Waals surface area contributed by atoms with E-state index in [1.54, 1.807) is 5.56 Å². The highest BCUT2D eigenvalue weighted by Gasteiger charge is 2.34. The molecule has 1 atom stereocenters. The highest BCUT2D eigenvalue weighted by molar-refractivity contribution is 5.40. The van der Waals surface area contributed by atoms with Crippen LogP contribution in [0.5, 0.6) is 0 Å². The second-order valence-electron chi connectivity index (χ2n) is 4.62. The second kappa shape index (κ2) is 3.39. The first-order valence-corrected chi connectivity index (χ1v) is 5.48. The SMILES string of the molecule is CCC1(CN)Cc2cccc(C)c2C1. The van der Waals surface area contributed by atoms with Gasteiger partial charge in [-0.3, -0.25) is 0 Å². The molecule has 2 rings (SSSR count). The molecule has 1 unspecified atom stereocenters. The van der Waals surface area contributed by atoms with Crippen LogP contribution in [0.25, 0.3) is 0 Å². The van der Waals surface area contributed by atoms with Gasteiger partial charge in [-0.1, -0.05) is 25.1 Å². The van der Waals surface area contributed by atoms with Crippen molar-refractivity contribution in [3.05, 3.63) is 34.9 Å². The molecule has 0 aliphatic heterocycles. The first-order chi connectivity index (χ1) is 6.71. The van der Waals surface area contributed by atoms with Gasteiger partial charge in [0.15, 0.2) is 0 Å². The predicted octanol–water partition coefficient (Wildman–Crippen LogP) is 2.45. The fourth-order valence-corrected chi connectivity index (χ4v) is 2.56. The Bertz CT molecular complexity index is 337. The van der Waals surface area contributed by atoms with Gasteiger partial charge >= 0.3 is 0 Å². The van der Waals surface area contributed by atoms with Gasteiger partial charge in [0.1, 0.15) is 0 Å². The molecule has 0 bridgehead atoms. The van der Waals surface area contributed by atoms with Crippen molar-refractivity contribution in [2.24, 2.45) is 11.1 Å². The quantitative estimate of drug-likeness (QED) is 0.760. The zero-order valence-electron chi connectivity index (χ0n) is 9.14. The summed E-state index contributed by atoms with van der Waals surface area (Å²) in [5, 5.41) is 0. The normalized spacial score (nSPS) is 25.1. The van der Waals surface area contributed by atoms with Crippen molar-refractivity contribution in [3.63, 3.8) is 0 Å². The summed E-state index contributed by atoms with van der Waals surface area (Å²) in [4.78, 5) is 0. The van der Waals surface area contributed by atoms with Gasteiger partial charge in [-0.05, 0) is 54.8 Å². The summed E-state index contributed by atoms with van der Waals surface area (Å²) >= 11 is 0. The average Bonchev–Trinajstić information content (AvgIpc) is 2.59. The van der Waals surface area contributed by atoms with Crippen LogP contribution >= 0.6 is 0 Å². The fraction of sp³-hybridized carbons (Fsp3) is 0.538. The molecule has 0 saturated carbocycles. The zero-order chi connectivity index (χ0) is 10.2. The van der Waals surface area contributed by atoms with E-state index in [0.29, 0.717) is 5.41 Å². The molecular formula is C13H19N. The van der Waals surface area contributed by atoms with Crippen LogP contribution in [0.4, 0.5) is 0 Å². The largest absolute Gasteiger partial charge is 0.330 e. The van der Waals surface area contributed by atoms with Crippen molar-refractivity contribution in [3.8, 4) is 0 Å².